The fourth-order valence-electron chi connectivity index (χ4n) is 3.89. The van der Waals surface area contributed by atoms with Crippen LogP contribution in [0.15, 0.2) is 30.3 Å². The molecule has 7 atom stereocenters. The summed E-state index contributed by atoms with van der Waals surface area (Å²) in [5, 5.41) is 30.4. The third-order valence-electron chi connectivity index (χ3n) is 5.64. The van der Waals surface area contributed by atoms with Crippen LogP contribution in [0.1, 0.15) is 57.3 Å². The number of aliphatic hydroxyl groups is 2. The topological polar surface area (TPSA) is 132 Å². The predicted molar refractivity (Wildman–Crippen MR) is 123 cm³/mol. The summed E-state index contributed by atoms with van der Waals surface area (Å²) < 4.78 is 23.1. The van der Waals surface area contributed by atoms with E-state index in [-0.39, 0.29) is 30.4 Å². The summed E-state index contributed by atoms with van der Waals surface area (Å²) in [4.78, 5) is 24.8. The van der Waals surface area contributed by atoms with Crippen LogP contribution in [0.2, 0.25) is 0 Å². The number of hydrogen-bond acceptors (Lipinski definition) is 8. The normalized spacial score (nSPS) is 26.7. The molecule has 6 unspecified atom stereocenters. The molecule has 0 bridgehead atoms. The van der Waals surface area contributed by atoms with Crippen molar-refractivity contribution in [2.75, 3.05) is 13.2 Å². The van der Waals surface area contributed by atoms with Gasteiger partial charge in [0.25, 0.3) is 0 Å². The molecule has 192 valence electrons. The van der Waals surface area contributed by atoms with Gasteiger partial charge >= 0.3 is 11.9 Å². The molecule has 9 heteroatoms. The van der Waals surface area contributed by atoms with Gasteiger partial charge in [0, 0.05) is 0 Å². The molecule has 1 saturated heterocycles. The molecule has 1 aliphatic heterocycles. The van der Waals surface area contributed by atoms with E-state index < -0.39 is 55.4 Å². The van der Waals surface area contributed by atoms with Crippen molar-refractivity contribution in [1.29, 1.82) is 0 Å². The van der Waals surface area contributed by atoms with Gasteiger partial charge in [-0.1, -0.05) is 58.7 Å². The minimum atomic E-state index is -1.44. The number of rotatable bonds is 13. The summed E-state index contributed by atoms with van der Waals surface area (Å²) in [6, 6.07) is 8.27. The van der Waals surface area contributed by atoms with Crippen LogP contribution in [-0.4, -0.2) is 77.3 Å². The highest BCUT2D eigenvalue weighted by atomic mass is 16.7. The number of benzene rings is 1. The molecule has 0 radical (unpaired) electrons. The summed E-state index contributed by atoms with van der Waals surface area (Å²) in [6.45, 7) is 7.50. The smallest absolute Gasteiger partial charge is 0.338 e. The average Bonchev–Trinajstić information content (AvgIpc) is 2.80. The molecule has 0 aliphatic carbocycles. The lowest BCUT2D eigenvalue weighted by atomic mass is 9.96. The minimum absolute atomic E-state index is 0.0648. The Morgan fingerprint density at radius 1 is 1.12 bits per heavy atom. The predicted octanol–water partition coefficient (Wildman–Crippen LogP) is 2.63. The van der Waals surface area contributed by atoms with Crippen LogP contribution in [0, 0.1) is 11.8 Å². The van der Waals surface area contributed by atoms with Crippen molar-refractivity contribution in [3.05, 3.63) is 35.9 Å². The summed E-state index contributed by atoms with van der Waals surface area (Å²) in [5.74, 6) is -1.69. The Kier molecular flexibility index (Phi) is 11.4. The van der Waals surface area contributed by atoms with E-state index in [4.69, 9.17) is 18.9 Å². The van der Waals surface area contributed by atoms with E-state index in [0.29, 0.717) is 0 Å². The van der Waals surface area contributed by atoms with Gasteiger partial charge in [-0.2, -0.15) is 0 Å². The van der Waals surface area contributed by atoms with Gasteiger partial charge in [-0.05, 0) is 30.4 Å². The van der Waals surface area contributed by atoms with Crippen LogP contribution < -0.4 is 0 Å². The molecule has 0 spiro atoms. The Morgan fingerprint density at radius 2 is 1.79 bits per heavy atom. The minimum Gasteiger partial charge on any atom is -0.479 e. The zero-order valence-electron chi connectivity index (χ0n) is 20.3. The van der Waals surface area contributed by atoms with Crippen LogP contribution in [0.4, 0.5) is 0 Å². The maximum Gasteiger partial charge on any atom is 0.338 e. The number of esters is 1. The zero-order valence-corrected chi connectivity index (χ0v) is 20.3. The molecule has 9 nitrogen and oxygen atoms in total. The summed E-state index contributed by atoms with van der Waals surface area (Å²) in [7, 11) is 0. The first kappa shape index (κ1) is 28.2. The van der Waals surface area contributed by atoms with E-state index in [1.807, 2.05) is 27.7 Å². The zero-order chi connectivity index (χ0) is 25.3. The molecule has 1 aromatic carbocycles. The molecule has 0 saturated carbocycles. The van der Waals surface area contributed by atoms with Crippen molar-refractivity contribution in [2.45, 2.75) is 83.8 Å². The lowest BCUT2D eigenvalue weighted by Crippen LogP contribution is -2.62. The fraction of sp³-hybridized carbons (Fsp3) is 0.680. The molecule has 0 aromatic heterocycles. The summed E-state index contributed by atoms with van der Waals surface area (Å²) in [5.41, 5.74) is 0.272. The average molecular weight is 483 g/mol. The van der Waals surface area contributed by atoms with Crippen molar-refractivity contribution >= 4 is 11.9 Å². The number of carboxylic acid groups (broad SMARTS) is 1. The number of ether oxygens (including phenoxy) is 4. The van der Waals surface area contributed by atoms with Gasteiger partial charge in [0.2, 0.25) is 0 Å². The van der Waals surface area contributed by atoms with Crippen molar-refractivity contribution in [2.24, 2.45) is 11.8 Å². The Balaban J connectivity index is 2.35. The number of carboxylic acids is 1. The van der Waals surface area contributed by atoms with Gasteiger partial charge in [0.05, 0.1) is 18.8 Å². The second-order valence-corrected chi connectivity index (χ2v) is 9.24. The molecule has 2 rings (SSSR count). The van der Waals surface area contributed by atoms with Gasteiger partial charge in [-0.3, -0.25) is 0 Å². The first-order valence-corrected chi connectivity index (χ1v) is 11.9. The Hall–Kier alpha value is -2.04. The summed E-state index contributed by atoms with van der Waals surface area (Å²) >= 11 is 0. The lowest BCUT2D eigenvalue weighted by Gasteiger charge is -2.44. The van der Waals surface area contributed by atoms with E-state index in [9.17, 15) is 24.9 Å². The Bertz CT molecular complexity index is 754. The van der Waals surface area contributed by atoms with Gasteiger partial charge in [0.15, 0.2) is 18.5 Å². The fourth-order valence-corrected chi connectivity index (χ4v) is 3.89. The molecule has 1 aliphatic rings. The first-order valence-electron chi connectivity index (χ1n) is 11.9. The highest BCUT2D eigenvalue weighted by Gasteiger charge is 2.50. The van der Waals surface area contributed by atoms with Crippen LogP contribution in [0.25, 0.3) is 0 Å². The van der Waals surface area contributed by atoms with Crippen molar-refractivity contribution in [1.82, 2.24) is 0 Å². The molecule has 1 fully saturated rings. The summed E-state index contributed by atoms with van der Waals surface area (Å²) in [6.07, 6.45) is -5.58. The number of carbonyl (C=O) groups excluding carboxylic acids is 1. The van der Waals surface area contributed by atoms with Crippen LogP contribution >= 0.6 is 0 Å². The van der Waals surface area contributed by atoms with E-state index in [2.05, 4.69) is 0 Å². The SMILES string of the molecule is CCCC(C)C[C@H](OC1C(O)C(CO)OC(OCC(C)C)C1OC(=O)c1ccccc1)C(=O)O. The highest BCUT2D eigenvalue weighted by molar-refractivity contribution is 5.89. The Labute approximate surface area is 201 Å². The quantitative estimate of drug-likeness (QED) is 0.363. The largest absolute Gasteiger partial charge is 0.479 e. The highest BCUT2D eigenvalue weighted by Crippen LogP contribution is 2.30. The molecule has 1 aromatic rings. The lowest BCUT2D eigenvalue weighted by molar-refractivity contribution is -0.312. The maximum atomic E-state index is 12.8. The van der Waals surface area contributed by atoms with E-state index in [1.165, 1.54) is 0 Å². The standard InChI is InChI=1S/C25H38O9/c1-5-9-16(4)12-18(23(28)29)32-21-20(27)19(13-26)33-25(31-14-15(2)3)22(21)34-24(30)17-10-7-6-8-11-17/h6-8,10-11,15-16,18-22,25-27H,5,9,12-14H2,1-4H3,(H,28,29)/t16?,18-,19?,20?,21?,22?,25?/m0/s1. The second-order valence-electron chi connectivity index (χ2n) is 9.24. The maximum absolute atomic E-state index is 12.8. The van der Waals surface area contributed by atoms with Crippen molar-refractivity contribution < 1.29 is 43.9 Å². The van der Waals surface area contributed by atoms with Gasteiger partial charge in [-0.25, -0.2) is 9.59 Å². The first-order chi connectivity index (χ1) is 16.2. The van der Waals surface area contributed by atoms with Crippen LogP contribution in [0.3, 0.4) is 0 Å². The van der Waals surface area contributed by atoms with Crippen molar-refractivity contribution in [3.8, 4) is 0 Å². The molecule has 1 heterocycles. The number of carbonyl (C=O) groups is 2. The molecular formula is C25H38O9. The molecule has 0 amide bonds. The van der Waals surface area contributed by atoms with Gasteiger partial charge in [0.1, 0.15) is 18.3 Å². The Morgan fingerprint density at radius 3 is 2.35 bits per heavy atom. The molecular weight excluding hydrogens is 444 g/mol. The van der Waals surface area contributed by atoms with E-state index in [1.54, 1.807) is 30.3 Å². The van der Waals surface area contributed by atoms with Crippen molar-refractivity contribution in [3.63, 3.8) is 0 Å². The van der Waals surface area contributed by atoms with Crippen LogP contribution in [-0.2, 0) is 23.7 Å². The third-order valence-corrected chi connectivity index (χ3v) is 5.64. The van der Waals surface area contributed by atoms with Crippen LogP contribution in [0.5, 0.6) is 0 Å². The number of aliphatic carboxylic acids is 1. The second kappa shape index (κ2) is 13.7. The monoisotopic (exact) mass is 482 g/mol. The third kappa shape index (κ3) is 8.02. The van der Waals surface area contributed by atoms with Gasteiger partial charge < -0.3 is 34.3 Å². The molecule has 34 heavy (non-hydrogen) atoms. The number of aliphatic hydroxyl groups excluding tert-OH is 2. The van der Waals surface area contributed by atoms with E-state index >= 15 is 0 Å². The van der Waals surface area contributed by atoms with Gasteiger partial charge in [-0.15, -0.1) is 0 Å². The number of hydrogen-bond donors (Lipinski definition) is 3. The molecule has 3 N–H and O–H groups in total. The van der Waals surface area contributed by atoms with E-state index in [0.717, 1.165) is 12.8 Å².